The van der Waals surface area contributed by atoms with Crippen LogP contribution in [0.3, 0.4) is 0 Å². The zero-order valence-electron chi connectivity index (χ0n) is 15.8. The standard InChI is InChI=1S/C19H25N5O3/c1-12-8-13(2)23(19(27)20-12)11-17(25)22-6-3-7-24-15(10-22)9-16(21-24)18(26)14-4-5-14/h8-9,14,18,26H,3-7,10-11H2,1-2H3/t18-/m1/s1. The van der Waals surface area contributed by atoms with E-state index in [-0.39, 0.29) is 12.5 Å². The first-order chi connectivity index (χ1) is 12.9. The third-order valence-corrected chi connectivity index (χ3v) is 5.40. The fraction of sp³-hybridized carbons (Fsp3) is 0.579. The van der Waals surface area contributed by atoms with Gasteiger partial charge in [-0.15, -0.1) is 0 Å². The molecule has 1 amide bonds. The summed E-state index contributed by atoms with van der Waals surface area (Å²) in [4.78, 5) is 30.7. The van der Waals surface area contributed by atoms with Gasteiger partial charge in [-0.05, 0) is 51.2 Å². The molecule has 8 heteroatoms. The average Bonchev–Trinajstić information content (AvgIpc) is 3.41. The zero-order valence-corrected chi connectivity index (χ0v) is 15.8. The van der Waals surface area contributed by atoms with Gasteiger partial charge in [0.15, 0.2) is 0 Å². The Morgan fingerprint density at radius 1 is 1.30 bits per heavy atom. The van der Waals surface area contributed by atoms with Gasteiger partial charge in [0.2, 0.25) is 5.91 Å². The Bertz CT molecular complexity index is 928. The van der Waals surface area contributed by atoms with E-state index in [0.717, 1.165) is 37.2 Å². The lowest BCUT2D eigenvalue weighted by Gasteiger charge is -2.21. The number of carbonyl (C=O) groups is 1. The predicted molar refractivity (Wildman–Crippen MR) is 97.9 cm³/mol. The monoisotopic (exact) mass is 371 g/mol. The highest BCUT2D eigenvalue weighted by atomic mass is 16.3. The molecule has 0 radical (unpaired) electrons. The number of hydrogen-bond acceptors (Lipinski definition) is 5. The van der Waals surface area contributed by atoms with Crippen LogP contribution in [0.5, 0.6) is 0 Å². The first-order valence-electron chi connectivity index (χ1n) is 9.50. The lowest BCUT2D eigenvalue weighted by atomic mass is 10.1. The molecule has 8 nitrogen and oxygen atoms in total. The lowest BCUT2D eigenvalue weighted by Crippen LogP contribution is -2.37. The molecular weight excluding hydrogens is 346 g/mol. The number of aromatic nitrogens is 4. The fourth-order valence-corrected chi connectivity index (χ4v) is 3.70. The van der Waals surface area contributed by atoms with Gasteiger partial charge in [-0.25, -0.2) is 4.79 Å². The van der Waals surface area contributed by atoms with E-state index in [2.05, 4.69) is 10.1 Å². The molecule has 27 heavy (non-hydrogen) atoms. The first kappa shape index (κ1) is 17.9. The number of fused-ring (bicyclic) bond motifs is 1. The Balaban J connectivity index is 1.51. The van der Waals surface area contributed by atoms with Crippen LogP contribution >= 0.6 is 0 Å². The molecule has 2 aromatic heterocycles. The van der Waals surface area contributed by atoms with Gasteiger partial charge in [-0.3, -0.25) is 14.0 Å². The fourth-order valence-electron chi connectivity index (χ4n) is 3.70. The number of hydrogen-bond donors (Lipinski definition) is 1. The molecule has 1 aliphatic heterocycles. The van der Waals surface area contributed by atoms with Gasteiger partial charge in [-0.1, -0.05) is 0 Å². The molecule has 1 fully saturated rings. The highest BCUT2D eigenvalue weighted by molar-refractivity contribution is 5.76. The smallest absolute Gasteiger partial charge is 0.348 e. The SMILES string of the molecule is Cc1cc(C)n(CC(=O)N2CCCn3nc([C@H](O)C4CC4)cc3C2)c(=O)n1. The molecule has 2 aliphatic rings. The minimum absolute atomic E-state index is 0.0103. The van der Waals surface area contributed by atoms with Gasteiger partial charge < -0.3 is 10.0 Å². The Morgan fingerprint density at radius 2 is 2.07 bits per heavy atom. The van der Waals surface area contributed by atoms with Crippen LogP contribution in [0.4, 0.5) is 0 Å². The number of aryl methyl sites for hydroxylation is 3. The maximum Gasteiger partial charge on any atom is 0.348 e. The zero-order chi connectivity index (χ0) is 19.1. The third kappa shape index (κ3) is 3.66. The van der Waals surface area contributed by atoms with Crippen LogP contribution < -0.4 is 5.69 Å². The van der Waals surface area contributed by atoms with Crippen molar-refractivity contribution in [2.24, 2.45) is 5.92 Å². The number of carbonyl (C=O) groups excluding carboxylic acids is 1. The van der Waals surface area contributed by atoms with Crippen LogP contribution in [0.2, 0.25) is 0 Å². The van der Waals surface area contributed by atoms with Crippen molar-refractivity contribution in [3.05, 3.63) is 45.4 Å². The highest BCUT2D eigenvalue weighted by Gasteiger charge is 2.33. The lowest BCUT2D eigenvalue weighted by molar-refractivity contribution is -0.132. The summed E-state index contributed by atoms with van der Waals surface area (Å²) < 4.78 is 3.32. The summed E-state index contributed by atoms with van der Waals surface area (Å²) in [5.41, 5.74) is 2.63. The van der Waals surface area contributed by atoms with Crippen LogP contribution in [-0.2, 0) is 24.4 Å². The van der Waals surface area contributed by atoms with Crippen molar-refractivity contribution in [3.63, 3.8) is 0 Å². The molecule has 1 atom stereocenters. The van der Waals surface area contributed by atoms with Gasteiger partial charge in [0.1, 0.15) is 12.6 Å². The summed E-state index contributed by atoms with van der Waals surface area (Å²) in [6.45, 7) is 5.36. The summed E-state index contributed by atoms with van der Waals surface area (Å²) in [6.07, 6.45) is 2.38. The van der Waals surface area contributed by atoms with Crippen molar-refractivity contribution >= 4 is 5.91 Å². The summed E-state index contributed by atoms with van der Waals surface area (Å²) >= 11 is 0. The summed E-state index contributed by atoms with van der Waals surface area (Å²) in [5, 5.41) is 14.9. The minimum atomic E-state index is -0.506. The Morgan fingerprint density at radius 3 is 2.78 bits per heavy atom. The molecule has 0 spiro atoms. The number of amides is 1. The Labute approximate surface area is 157 Å². The molecule has 144 valence electrons. The topological polar surface area (TPSA) is 93.3 Å². The van der Waals surface area contributed by atoms with Crippen LogP contribution in [0.15, 0.2) is 16.9 Å². The molecule has 0 bridgehead atoms. The van der Waals surface area contributed by atoms with Gasteiger partial charge in [0.25, 0.3) is 0 Å². The molecule has 1 saturated carbocycles. The van der Waals surface area contributed by atoms with E-state index in [1.54, 1.807) is 17.9 Å². The van der Waals surface area contributed by atoms with E-state index in [9.17, 15) is 14.7 Å². The van der Waals surface area contributed by atoms with Gasteiger partial charge in [0, 0.05) is 24.5 Å². The molecule has 0 aromatic carbocycles. The second-order valence-corrected chi connectivity index (χ2v) is 7.64. The van der Waals surface area contributed by atoms with E-state index >= 15 is 0 Å². The van der Waals surface area contributed by atoms with Crippen LogP contribution in [-0.4, -0.2) is 41.8 Å². The number of rotatable bonds is 4. The Hall–Kier alpha value is -2.48. The van der Waals surface area contributed by atoms with E-state index in [1.165, 1.54) is 4.57 Å². The van der Waals surface area contributed by atoms with Gasteiger partial charge in [0.05, 0.1) is 17.9 Å². The van der Waals surface area contributed by atoms with Crippen LogP contribution in [0.1, 0.15) is 48.1 Å². The molecule has 0 unspecified atom stereocenters. The molecule has 1 aliphatic carbocycles. The Kier molecular flexibility index (Phi) is 4.59. The van der Waals surface area contributed by atoms with Crippen LogP contribution in [0, 0.1) is 19.8 Å². The quantitative estimate of drug-likeness (QED) is 0.863. The predicted octanol–water partition coefficient (Wildman–Crippen LogP) is 0.933. The van der Waals surface area contributed by atoms with E-state index in [4.69, 9.17) is 0 Å². The molecular formula is C19H25N5O3. The second kappa shape index (κ2) is 6.92. The van der Waals surface area contributed by atoms with Crippen molar-refractivity contribution in [2.75, 3.05) is 6.54 Å². The number of aliphatic hydroxyl groups excluding tert-OH is 1. The van der Waals surface area contributed by atoms with Crippen molar-refractivity contribution in [1.29, 1.82) is 0 Å². The molecule has 0 saturated heterocycles. The maximum atomic E-state index is 12.8. The number of nitrogens with zero attached hydrogens (tertiary/aromatic N) is 5. The van der Waals surface area contributed by atoms with E-state index in [1.807, 2.05) is 17.7 Å². The van der Waals surface area contributed by atoms with Crippen molar-refractivity contribution in [3.8, 4) is 0 Å². The van der Waals surface area contributed by atoms with E-state index < -0.39 is 11.8 Å². The summed E-state index contributed by atoms with van der Waals surface area (Å²) in [7, 11) is 0. The molecule has 1 N–H and O–H groups in total. The second-order valence-electron chi connectivity index (χ2n) is 7.64. The van der Waals surface area contributed by atoms with Crippen LogP contribution in [0.25, 0.3) is 0 Å². The largest absolute Gasteiger partial charge is 0.386 e. The number of aliphatic hydroxyl groups is 1. The van der Waals surface area contributed by atoms with Crippen molar-refractivity contribution < 1.29 is 9.90 Å². The highest BCUT2D eigenvalue weighted by Crippen LogP contribution is 2.40. The van der Waals surface area contributed by atoms with Gasteiger partial charge in [-0.2, -0.15) is 10.1 Å². The van der Waals surface area contributed by atoms with Gasteiger partial charge >= 0.3 is 5.69 Å². The summed E-state index contributed by atoms with van der Waals surface area (Å²) in [6, 6.07) is 3.72. The normalized spacial score (nSPS) is 18.1. The molecule has 3 heterocycles. The maximum absolute atomic E-state index is 12.8. The van der Waals surface area contributed by atoms with Crippen molar-refractivity contribution in [2.45, 2.75) is 58.8 Å². The van der Waals surface area contributed by atoms with E-state index in [0.29, 0.717) is 30.4 Å². The summed E-state index contributed by atoms with van der Waals surface area (Å²) in [5.74, 6) is 0.218. The first-order valence-corrected chi connectivity index (χ1v) is 9.50. The molecule has 2 aromatic rings. The average molecular weight is 371 g/mol. The van der Waals surface area contributed by atoms with Crippen molar-refractivity contribution in [1.82, 2.24) is 24.2 Å². The minimum Gasteiger partial charge on any atom is -0.386 e. The molecule has 4 rings (SSSR count). The third-order valence-electron chi connectivity index (χ3n) is 5.40.